The van der Waals surface area contributed by atoms with Gasteiger partial charge in [0.25, 0.3) is 5.56 Å². The van der Waals surface area contributed by atoms with E-state index in [0.717, 1.165) is 22.4 Å². The average molecular weight is 400 g/mol. The molecular formula is C22H20N6O2. The molecule has 3 aromatic heterocycles. The second-order valence-corrected chi connectivity index (χ2v) is 6.77. The Morgan fingerprint density at radius 2 is 1.97 bits per heavy atom. The van der Waals surface area contributed by atoms with Crippen LogP contribution < -0.4 is 16.2 Å². The normalized spacial score (nSPS) is 10.6. The lowest BCUT2D eigenvalue weighted by molar-refractivity contribution is 0.251. The quantitative estimate of drug-likeness (QED) is 0.478. The van der Waals surface area contributed by atoms with Gasteiger partial charge in [-0.25, -0.2) is 14.5 Å². The Kier molecular flexibility index (Phi) is 5.38. The van der Waals surface area contributed by atoms with Crippen molar-refractivity contribution in [2.75, 3.05) is 5.32 Å². The van der Waals surface area contributed by atoms with Gasteiger partial charge < -0.3 is 10.6 Å². The number of anilines is 1. The highest BCUT2D eigenvalue weighted by Crippen LogP contribution is 2.14. The predicted octanol–water partition coefficient (Wildman–Crippen LogP) is 3.25. The van der Waals surface area contributed by atoms with Crippen LogP contribution in [0.25, 0.3) is 16.9 Å². The third-order valence-corrected chi connectivity index (χ3v) is 4.55. The van der Waals surface area contributed by atoms with Crippen LogP contribution in [0.15, 0.2) is 78.1 Å². The topological polar surface area (TPSA) is 105 Å². The fraction of sp³-hybridized carbons (Fsp3) is 0.0909. The zero-order valence-corrected chi connectivity index (χ0v) is 16.3. The first-order valence-electron chi connectivity index (χ1n) is 9.38. The summed E-state index contributed by atoms with van der Waals surface area (Å²) in [6.07, 6.45) is 6.51. The highest BCUT2D eigenvalue weighted by Gasteiger charge is 2.11. The van der Waals surface area contributed by atoms with Crippen molar-refractivity contribution in [2.24, 2.45) is 0 Å². The molecule has 0 saturated heterocycles. The van der Waals surface area contributed by atoms with Gasteiger partial charge in [0.1, 0.15) is 0 Å². The van der Waals surface area contributed by atoms with E-state index in [9.17, 15) is 9.59 Å². The number of carbonyl (C=O) groups excluding carboxylic acids is 1. The molecule has 0 fully saturated rings. The number of rotatable bonds is 5. The number of aromatic amines is 1. The Morgan fingerprint density at radius 1 is 1.13 bits per heavy atom. The van der Waals surface area contributed by atoms with Crippen LogP contribution in [-0.4, -0.2) is 25.8 Å². The molecule has 0 aliphatic heterocycles. The first kappa shape index (κ1) is 19.1. The van der Waals surface area contributed by atoms with Gasteiger partial charge in [-0.3, -0.25) is 14.9 Å². The second kappa shape index (κ2) is 8.44. The van der Waals surface area contributed by atoms with Crippen LogP contribution >= 0.6 is 0 Å². The van der Waals surface area contributed by atoms with Gasteiger partial charge in [-0.05, 0) is 42.8 Å². The van der Waals surface area contributed by atoms with Crippen LogP contribution in [0.3, 0.4) is 0 Å². The summed E-state index contributed by atoms with van der Waals surface area (Å²) in [6, 6.07) is 14.4. The van der Waals surface area contributed by atoms with E-state index in [1.807, 2.05) is 37.3 Å². The van der Waals surface area contributed by atoms with Gasteiger partial charge in [-0.15, -0.1) is 0 Å². The van der Waals surface area contributed by atoms with E-state index in [1.165, 1.54) is 4.68 Å². The molecule has 4 rings (SSSR count). The molecular weight excluding hydrogens is 380 g/mol. The van der Waals surface area contributed by atoms with Crippen LogP contribution in [0.4, 0.5) is 10.5 Å². The van der Waals surface area contributed by atoms with Crippen molar-refractivity contribution in [3.63, 3.8) is 0 Å². The maximum Gasteiger partial charge on any atom is 0.319 e. The number of carbonyl (C=O) groups is 1. The van der Waals surface area contributed by atoms with Crippen molar-refractivity contribution in [1.29, 1.82) is 0 Å². The predicted molar refractivity (Wildman–Crippen MR) is 114 cm³/mol. The van der Waals surface area contributed by atoms with Crippen molar-refractivity contribution in [2.45, 2.75) is 13.5 Å². The van der Waals surface area contributed by atoms with Crippen molar-refractivity contribution in [3.05, 3.63) is 94.8 Å². The minimum Gasteiger partial charge on any atom is -0.334 e. The summed E-state index contributed by atoms with van der Waals surface area (Å²) < 4.78 is 1.36. The lowest BCUT2D eigenvalue weighted by atomic mass is 10.2. The van der Waals surface area contributed by atoms with Crippen LogP contribution in [0, 0.1) is 6.92 Å². The summed E-state index contributed by atoms with van der Waals surface area (Å²) in [6.45, 7) is 2.28. The number of aryl methyl sites for hydroxylation is 1. The Morgan fingerprint density at radius 3 is 2.73 bits per heavy atom. The summed E-state index contributed by atoms with van der Waals surface area (Å²) in [7, 11) is 0. The summed E-state index contributed by atoms with van der Waals surface area (Å²) in [5.41, 5.74) is 3.65. The van der Waals surface area contributed by atoms with Crippen LogP contribution in [0.5, 0.6) is 0 Å². The maximum atomic E-state index is 12.8. The number of urea groups is 1. The van der Waals surface area contributed by atoms with Crippen molar-refractivity contribution >= 4 is 11.7 Å². The number of hydrogen-bond donors (Lipinski definition) is 3. The van der Waals surface area contributed by atoms with Gasteiger partial charge in [0, 0.05) is 42.6 Å². The smallest absolute Gasteiger partial charge is 0.319 e. The van der Waals surface area contributed by atoms with Crippen molar-refractivity contribution < 1.29 is 4.79 Å². The minimum absolute atomic E-state index is 0.224. The number of nitrogens with zero attached hydrogens (tertiary/aromatic N) is 3. The van der Waals surface area contributed by atoms with E-state index in [-0.39, 0.29) is 18.1 Å². The fourth-order valence-electron chi connectivity index (χ4n) is 2.96. The SMILES string of the molecule is Cc1ccc(NC(=O)NCc2ccnc(-n3[nH]cc(-c4cccnc4)c3=O)c2)cc1. The number of nitrogens with one attached hydrogen (secondary N) is 3. The highest BCUT2D eigenvalue weighted by atomic mass is 16.2. The number of benzene rings is 1. The highest BCUT2D eigenvalue weighted by molar-refractivity contribution is 5.89. The molecule has 30 heavy (non-hydrogen) atoms. The lowest BCUT2D eigenvalue weighted by Gasteiger charge is -2.09. The number of hydrogen-bond acceptors (Lipinski definition) is 4. The Bertz CT molecular complexity index is 1210. The van der Waals surface area contributed by atoms with E-state index < -0.39 is 0 Å². The maximum absolute atomic E-state index is 12.8. The molecule has 3 N–H and O–H groups in total. The van der Waals surface area contributed by atoms with Crippen LogP contribution in [0.2, 0.25) is 0 Å². The molecule has 1 aromatic carbocycles. The van der Waals surface area contributed by atoms with E-state index in [1.54, 1.807) is 43.0 Å². The molecule has 0 atom stereocenters. The molecule has 2 amide bonds. The third-order valence-electron chi connectivity index (χ3n) is 4.55. The Balaban J connectivity index is 1.46. The molecule has 0 bridgehead atoms. The Hall–Kier alpha value is -4.20. The zero-order valence-electron chi connectivity index (χ0n) is 16.3. The number of pyridine rings is 2. The summed E-state index contributed by atoms with van der Waals surface area (Å²) >= 11 is 0. The van der Waals surface area contributed by atoms with Gasteiger partial charge in [-0.2, -0.15) is 0 Å². The van der Waals surface area contributed by atoms with Gasteiger partial charge in [0.15, 0.2) is 5.82 Å². The van der Waals surface area contributed by atoms with E-state index >= 15 is 0 Å². The third kappa shape index (κ3) is 4.27. The molecule has 0 spiro atoms. The van der Waals surface area contributed by atoms with Gasteiger partial charge in [0.2, 0.25) is 0 Å². The van der Waals surface area contributed by atoms with Crippen molar-refractivity contribution in [3.8, 4) is 16.9 Å². The standard InChI is InChI=1S/C22H20N6O2/c1-15-4-6-18(7-5-15)27-22(30)25-12-16-8-10-24-20(11-16)28-21(29)19(14-26-28)17-3-2-9-23-13-17/h2-11,13-14,26H,12H2,1H3,(H2,25,27,30). The van der Waals surface area contributed by atoms with Gasteiger partial charge >= 0.3 is 6.03 Å². The molecule has 0 radical (unpaired) electrons. The molecule has 0 unspecified atom stereocenters. The molecule has 8 nitrogen and oxygen atoms in total. The molecule has 4 aromatic rings. The number of H-pyrrole nitrogens is 1. The van der Waals surface area contributed by atoms with Gasteiger partial charge in [-0.1, -0.05) is 23.8 Å². The number of amides is 2. The second-order valence-electron chi connectivity index (χ2n) is 6.77. The van der Waals surface area contributed by atoms with E-state index in [4.69, 9.17) is 0 Å². The monoisotopic (exact) mass is 400 g/mol. The molecule has 150 valence electrons. The first-order valence-corrected chi connectivity index (χ1v) is 9.38. The summed E-state index contributed by atoms with van der Waals surface area (Å²) in [5.74, 6) is 0.438. The van der Waals surface area contributed by atoms with E-state index in [0.29, 0.717) is 11.4 Å². The lowest BCUT2D eigenvalue weighted by Crippen LogP contribution is -2.28. The molecule has 0 aliphatic carbocycles. The molecule has 8 heteroatoms. The largest absolute Gasteiger partial charge is 0.334 e. The van der Waals surface area contributed by atoms with Crippen LogP contribution in [0.1, 0.15) is 11.1 Å². The average Bonchev–Trinajstić information content (AvgIpc) is 3.16. The van der Waals surface area contributed by atoms with Crippen molar-refractivity contribution in [1.82, 2.24) is 25.1 Å². The minimum atomic E-state index is -0.312. The molecule has 0 saturated carbocycles. The molecule has 3 heterocycles. The fourth-order valence-corrected chi connectivity index (χ4v) is 2.96. The van der Waals surface area contributed by atoms with E-state index in [2.05, 4.69) is 25.7 Å². The summed E-state index contributed by atoms with van der Waals surface area (Å²) in [4.78, 5) is 33.2. The first-order chi connectivity index (χ1) is 14.6. The van der Waals surface area contributed by atoms with Gasteiger partial charge in [0.05, 0.1) is 5.56 Å². The van der Waals surface area contributed by atoms with Crippen LogP contribution in [-0.2, 0) is 6.54 Å². The molecule has 0 aliphatic rings. The number of aromatic nitrogens is 4. The Labute approximate surface area is 172 Å². The zero-order chi connectivity index (χ0) is 20.9. The summed E-state index contributed by atoms with van der Waals surface area (Å²) in [5, 5.41) is 8.52.